The summed E-state index contributed by atoms with van der Waals surface area (Å²) in [7, 11) is 0. The number of rotatable bonds is 5. The van der Waals surface area contributed by atoms with E-state index < -0.39 is 18.4 Å². The molecule has 0 aliphatic rings. The van der Waals surface area contributed by atoms with E-state index in [-0.39, 0.29) is 0 Å². The Balaban J connectivity index is 2.67. The number of alkyl carbamates (subject to hydrolysis) is 1. The van der Waals surface area contributed by atoms with E-state index in [4.69, 9.17) is 9.84 Å². The van der Waals surface area contributed by atoms with E-state index in [1.165, 1.54) is 0 Å². The van der Waals surface area contributed by atoms with Crippen LogP contribution >= 0.6 is 0 Å². The predicted molar refractivity (Wildman–Crippen MR) is 65.1 cm³/mol. The first-order valence-corrected chi connectivity index (χ1v) is 5.61. The van der Waals surface area contributed by atoms with Crippen molar-refractivity contribution in [2.75, 3.05) is 6.61 Å². The van der Waals surface area contributed by atoms with Crippen LogP contribution in [-0.2, 0) is 4.74 Å². The molecule has 6 heteroatoms. The van der Waals surface area contributed by atoms with Crippen LogP contribution in [0.2, 0.25) is 0 Å². The van der Waals surface area contributed by atoms with Gasteiger partial charge in [0, 0.05) is 0 Å². The zero-order chi connectivity index (χ0) is 13.4. The highest BCUT2D eigenvalue weighted by atomic mass is 16.5. The number of amides is 2. The average Bonchev–Trinajstić information content (AvgIpc) is 2.36. The molecule has 0 saturated carbocycles. The zero-order valence-electron chi connectivity index (χ0n) is 10.1. The van der Waals surface area contributed by atoms with Gasteiger partial charge in [0.25, 0.3) is 0 Å². The van der Waals surface area contributed by atoms with Crippen LogP contribution in [0.15, 0.2) is 30.3 Å². The van der Waals surface area contributed by atoms with Crippen molar-refractivity contribution in [1.29, 1.82) is 0 Å². The summed E-state index contributed by atoms with van der Waals surface area (Å²) in [4.78, 5) is 22.1. The SMILES string of the molecule is CCCOC(=O)NC(NC(=O)O)c1ccccc1. The lowest BCUT2D eigenvalue weighted by atomic mass is 10.2. The van der Waals surface area contributed by atoms with Crippen LogP contribution in [0.4, 0.5) is 9.59 Å². The molecule has 0 spiro atoms. The zero-order valence-corrected chi connectivity index (χ0v) is 10.1. The van der Waals surface area contributed by atoms with E-state index in [1.807, 2.05) is 6.92 Å². The van der Waals surface area contributed by atoms with Crippen LogP contribution in [0, 0.1) is 0 Å². The topological polar surface area (TPSA) is 87.7 Å². The molecule has 0 aromatic heterocycles. The first kappa shape index (κ1) is 13.8. The molecule has 0 radical (unpaired) electrons. The van der Waals surface area contributed by atoms with E-state index in [1.54, 1.807) is 30.3 Å². The molecular formula is C12H16N2O4. The fraction of sp³-hybridized carbons (Fsp3) is 0.333. The van der Waals surface area contributed by atoms with Crippen molar-refractivity contribution in [2.45, 2.75) is 19.5 Å². The van der Waals surface area contributed by atoms with Crippen molar-refractivity contribution >= 4 is 12.2 Å². The molecule has 3 N–H and O–H groups in total. The molecule has 2 amide bonds. The first-order valence-electron chi connectivity index (χ1n) is 5.61. The van der Waals surface area contributed by atoms with Crippen molar-refractivity contribution in [3.63, 3.8) is 0 Å². The van der Waals surface area contributed by atoms with E-state index in [9.17, 15) is 9.59 Å². The maximum Gasteiger partial charge on any atom is 0.409 e. The minimum atomic E-state index is -1.22. The maximum absolute atomic E-state index is 11.4. The van der Waals surface area contributed by atoms with E-state index >= 15 is 0 Å². The number of carboxylic acid groups (broad SMARTS) is 1. The lowest BCUT2D eigenvalue weighted by Crippen LogP contribution is -2.40. The first-order chi connectivity index (χ1) is 8.63. The molecular weight excluding hydrogens is 236 g/mol. The second-order valence-electron chi connectivity index (χ2n) is 3.57. The smallest absolute Gasteiger partial charge is 0.409 e. The summed E-state index contributed by atoms with van der Waals surface area (Å²) in [6.07, 6.45) is -2.00. The second kappa shape index (κ2) is 7.16. The van der Waals surface area contributed by atoms with Crippen LogP contribution < -0.4 is 10.6 Å². The lowest BCUT2D eigenvalue weighted by molar-refractivity contribution is 0.138. The average molecular weight is 252 g/mol. The number of hydrogen-bond donors (Lipinski definition) is 3. The molecule has 1 unspecified atom stereocenters. The monoisotopic (exact) mass is 252 g/mol. The summed E-state index contributed by atoms with van der Waals surface area (Å²) >= 11 is 0. The quantitative estimate of drug-likeness (QED) is 0.700. The summed E-state index contributed by atoms with van der Waals surface area (Å²) < 4.78 is 4.84. The Morgan fingerprint density at radius 3 is 2.50 bits per heavy atom. The molecule has 0 fully saturated rings. The fourth-order valence-corrected chi connectivity index (χ4v) is 1.33. The van der Waals surface area contributed by atoms with Gasteiger partial charge in [0.2, 0.25) is 0 Å². The highest BCUT2D eigenvalue weighted by Crippen LogP contribution is 2.09. The van der Waals surface area contributed by atoms with Gasteiger partial charge in [-0.1, -0.05) is 37.3 Å². The van der Waals surface area contributed by atoms with E-state index in [0.717, 1.165) is 0 Å². The number of carbonyl (C=O) groups is 2. The summed E-state index contributed by atoms with van der Waals surface area (Å²) in [5.41, 5.74) is 0.633. The van der Waals surface area contributed by atoms with Crippen LogP contribution in [0.3, 0.4) is 0 Å². The summed E-state index contributed by atoms with van der Waals surface area (Å²) in [5.74, 6) is 0. The normalized spacial score (nSPS) is 11.4. The molecule has 1 rings (SSSR count). The third kappa shape index (κ3) is 4.73. The van der Waals surface area contributed by atoms with Crippen molar-refractivity contribution in [3.8, 4) is 0 Å². The summed E-state index contributed by atoms with van der Waals surface area (Å²) in [5, 5.41) is 13.4. The van der Waals surface area contributed by atoms with Crippen LogP contribution in [-0.4, -0.2) is 23.9 Å². The van der Waals surface area contributed by atoms with Gasteiger partial charge in [-0.3, -0.25) is 10.6 Å². The van der Waals surface area contributed by atoms with Gasteiger partial charge in [-0.15, -0.1) is 0 Å². The Morgan fingerprint density at radius 1 is 1.28 bits per heavy atom. The van der Waals surface area contributed by atoms with Gasteiger partial charge >= 0.3 is 12.2 Å². The van der Waals surface area contributed by atoms with Gasteiger partial charge in [-0.2, -0.15) is 0 Å². The summed E-state index contributed by atoms with van der Waals surface area (Å²) in [6.45, 7) is 2.16. The van der Waals surface area contributed by atoms with E-state index in [0.29, 0.717) is 18.6 Å². The number of nitrogens with one attached hydrogen (secondary N) is 2. The van der Waals surface area contributed by atoms with Gasteiger partial charge in [0.05, 0.1) is 6.61 Å². The second-order valence-corrected chi connectivity index (χ2v) is 3.57. The van der Waals surface area contributed by atoms with Gasteiger partial charge in [-0.25, -0.2) is 9.59 Å². The van der Waals surface area contributed by atoms with Crippen molar-refractivity contribution in [3.05, 3.63) is 35.9 Å². The van der Waals surface area contributed by atoms with Crippen molar-refractivity contribution in [2.24, 2.45) is 0 Å². The van der Waals surface area contributed by atoms with Crippen molar-refractivity contribution in [1.82, 2.24) is 10.6 Å². The Morgan fingerprint density at radius 2 is 1.94 bits per heavy atom. The number of carbonyl (C=O) groups excluding carboxylic acids is 1. The lowest BCUT2D eigenvalue weighted by Gasteiger charge is -2.18. The van der Waals surface area contributed by atoms with Crippen molar-refractivity contribution < 1.29 is 19.4 Å². The molecule has 18 heavy (non-hydrogen) atoms. The molecule has 0 aliphatic heterocycles. The Bertz CT molecular complexity index is 394. The number of ether oxygens (including phenoxy) is 1. The minimum Gasteiger partial charge on any atom is -0.465 e. The summed E-state index contributed by atoms with van der Waals surface area (Å²) in [6, 6.07) is 8.73. The third-order valence-electron chi connectivity index (χ3n) is 2.10. The molecule has 1 aromatic carbocycles. The maximum atomic E-state index is 11.4. The molecule has 98 valence electrons. The molecule has 1 aromatic rings. The van der Waals surface area contributed by atoms with Crippen LogP contribution in [0.1, 0.15) is 25.1 Å². The number of benzene rings is 1. The third-order valence-corrected chi connectivity index (χ3v) is 2.10. The molecule has 1 atom stereocenters. The Labute approximate surface area is 105 Å². The van der Waals surface area contributed by atoms with Gasteiger partial charge in [0.15, 0.2) is 0 Å². The van der Waals surface area contributed by atoms with Gasteiger partial charge in [0.1, 0.15) is 6.17 Å². The largest absolute Gasteiger partial charge is 0.465 e. The highest BCUT2D eigenvalue weighted by Gasteiger charge is 2.16. The molecule has 0 bridgehead atoms. The Kier molecular flexibility index (Phi) is 5.50. The van der Waals surface area contributed by atoms with Crippen LogP contribution in [0.25, 0.3) is 0 Å². The highest BCUT2D eigenvalue weighted by molar-refractivity contribution is 5.70. The van der Waals surface area contributed by atoms with E-state index in [2.05, 4.69) is 10.6 Å². The minimum absolute atomic E-state index is 0.292. The molecule has 0 heterocycles. The fourth-order valence-electron chi connectivity index (χ4n) is 1.33. The van der Waals surface area contributed by atoms with Gasteiger partial charge < -0.3 is 9.84 Å². The Hall–Kier alpha value is -2.24. The predicted octanol–water partition coefficient (Wildman–Crippen LogP) is 2.09. The standard InChI is InChI=1S/C12H16N2O4/c1-2-8-18-12(17)14-10(13-11(15)16)9-6-4-3-5-7-9/h3-7,10,13H,2,8H2,1H3,(H,14,17)(H,15,16). The van der Waals surface area contributed by atoms with Gasteiger partial charge in [-0.05, 0) is 12.0 Å². The number of hydrogen-bond acceptors (Lipinski definition) is 3. The molecule has 0 aliphatic carbocycles. The van der Waals surface area contributed by atoms with Crippen LogP contribution in [0.5, 0.6) is 0 Å². The molecule has 0 saturated heterocycles. The molecule has 6 nitrogen and oxygen atoms in total.